The number of hydrogen-bond acceptors (Lipinski definition) is 2. The summed E-state index contributed by atoms with van der Waals surface area (Å²) in [4.78, 5) is 0. The second-order valence-corrected chi connectivity index (χ2v) is 4.31. The first-order valence-electron chi connectivity index (χ1n) is 5.47. The van der Waals surface area contributed by atoms with Crippen LogP contribution in [0.3, 0.4) is 0 Å². The molecule has 0 aromatic carbocycles. The van der Waals surface area contributed by atoms with Crippen LogP contribution in [0.2, 0.25) is 0 Å². The first kappa shape index (κ1) is 9.71. The van der Waals surface area contributed by atoms with E-state index in [1.165, 1.54) is 25.0 Å². The molecule has 0 bridgehead atoms. The van der Waals surface area contributed by atoms with Gasteiger partial charge in [-0.1, -0.05) is 6.42 Å². The molecule has 1 fully saturated rings. The molecule has 1 heterocycles. The van der Waals surface area contributed by atoms with Crippen molar-refractivity contribution in [1.29, 1.82) is 0 Å². The van der Waals surface area contributed by atoms with Crippen LogP contribution >= 0.6 is 0 Å². The van der Waals surface area contributed by atoms with Gasteiger partial charge in [-0.15, -0.1) is 0 Å². The molecular weight excluding hydrogens is 174 g/mol. The van der Waals surface area contributed by atoms with Gasteiger partial charge in [0.2, 0.25) is 0 Å². The van der Waals surface area contributed by atoms with Crippen molar-refractivity contribution < 1.29 is 0 Å². The van der Waals surface area contributed by atoms with E-state index in [4.69, 9.17) is 0 Å². The summed E-state index contributed by atoms with van der Waals surface area (Å²) in [6.07, 6.45) is 6.08. The van der Waals surface area contributed by atoms with Crippen LogP contribution in [0, 0.1) is 5.92 Å². The molecule has 1 aromatic heterocycles. The number of nitrogens with zero attached hydrogens (tertiary/aromatic N) is 2. The van der Waals surface area contributed by atoms with Gasteiger partial charge in [0, 0.05) is 25.8 Å². The Morgan fingerprint density at radius 3 is 2.93 bits per heavy atom. The first-order chi connectivity index (χ1) is 6.77. The van der Waals surface area contributed by atoms with Crippen LogP contribution in [0.15, 0.2) is 12.3 Å². The Morgan fingerprint density at radius 2 is 2.43 bits per heavy atom. The van der Waals surface area contributed by atoms with E-state index >= 15 is 0 Å². The molecule has 2 rings (SSSR count). The standard InChI is InChI=1S/C11H19N3/c1-9(10-4-3-5-10)12-8-11-6-7-13-14(11)2/h6-7,9-10,12H,3-5,8H2,1-2H3. The average Bonchev–Trinajstić information content (AvgIpc) is 2.44. The zero-order chi connectivity index (χ0) is 9.97. The fraction of sp³-hybridized carbons (Fsp3) is 0.727. The van der Waals surface area contributed by atoms with Crippen molar-refractivity contribution in [2.45, 2.75) is 38.8 Å². The summed E-state index contributed by atoms with van der Waals surface area (Å²) in [5.74, 6) is 0.906. The summed E-state index contributed by atoms with van der Waals surface area (Å²) in [5, 5.41) is 7.72. The second-order valence-electron chi connectivity index (χ2n) is 4.31. The van der Waals surface area contributed by atoms with E-state index in [1.807, 2.05) is 17.9 Å². The lowest BCUT2D eigenvalue weighted by Gasteiger charge is -2.32. The van der Waals surface area contributed by atoms with E-state index in [0.717, 1.165) is 12.5 Å². The highest BCUT2D eigenvalue weighted by atomic mass is 15.3. The predicted molar refractivity (Wildman–Crippen MR) is 56.9 cm³/mol. The summed E-state index contributed by atoms with van der Waals surface area (Å²) >= 11 is 0. The molecule has 1 atom stereocenters. The lowest BCUT2D eigenvalue weighted by molar-refractivity contribution is 0.239. The number of aromatic nitrogens is 2. The minimum absolute atomic E-state index is 0.652. The van der Waals surface area contributed by atoms with E-state index in [-0.39, 0.29) is 0 Å². The van der Waals surface area contributed by atoms with Gasteiger partial charge in [-0.3, -0.25) is 4.68 Å². The van der Waals surface area contributed by atoms with Crippen LogP contribution in [0.5, 0.6) is 0 Å². The van der Waals surface area contributed by atoms with E-state index in [9.17, 15) is 0 Å². The molecule has 1 saturated carbocycles. The van der Waals surface area contributed by atoms with Crippen LogP contribution in [0.25, 0.3) is 0 Å². The summed E-state index contributed by atoms with van der Waals surface area (Å²) < 4.78 is 1.93. The third kappa shape index (κ3) is 1.98. The molecule has 1 aliphatic rings. The fourth-order valence-corrected chi connectivity index (χ4v) is 1.95. The number of aryl methyl sites for hydroxylation is 1. The molecule has 0 radical (unpaired) electrons. The summed E-state index contributed by atoms with van der Waals surface area (Å²) in [6.45, 7) is 3.23. The Labute approximate surface area is 85.5 Å². The number of nitrogens with one attached hydrogen (secondary N) is 1. The van der Waals surface area contributed by atoms with Gasteiger partial charge in [-0.2, -0.15) is 5.10 Å². The van der Waals surface area contributed by atoms with E-state index in [1.54, 1.807) is 0 Å². The summed E-state index contributed by atoms with van der Waals surface area (Å²) in [5.41, 5.74) is 1.26. The van der Waals surface area contributed by atoms with E-state index < -0.39 is 0 Å². The van der Waals surface area contributed by atoms with Gasteiger partial charge in [-0.05, 0) is 31.7 Å². The SMILES string of the molecule is CC(NCc1ccnn1C)C1CCC1. The maximum atomic E-state index is 4.15. The Hall–Kier alpha value is -0.830. The zero-order valence-electron chi connectivity index (χ0n) is 9.03. The molecular formula is C11H19N3. The molecule has 78 valence electrons. The van der Waals surface area contributed by atoms with Gasteiger partial charge < -0.3 is 5.32 Å². The highest BCUT2D eigenvalue weighted by Gasteiger charge is 2.23. The van der Waals surface area contributed by atoms with Crippen molar-refractivity contribution >= 4 is 0 Å². The molecule has 0 amide bonds. The van der Waals surface area contributed by atoms with Crippen molar-refractivity contribution in [2.75, 3.05) is 0 Å². The Kier molecular flexibility index (Phi) is 2.87. The zero-order valence-corrected chi connectivity index (χ0v) is 9.03. The number of rotatable bonds is 4. The van der Waals surface area contributed by atoms with Crippen molar-refractivity contribution in [1.82, 2.24) is 15.1 Å². The van der Waals surface area contributed by atoms with Gasteiger partial charge in [0.1, 0.15) is 0 Å². The van der Waals surface area contributed by atoms with Crippen LogP contribution in [-0.2, 0) is 13.6 Å². The quantitative estimate of drug-likeness (QED) is 0.788. The largest absolute Gasteiger partial charge is 0.308 e. The third-order valence-corrected chi connectivity index (χ3v) is 3.38. The van der Waals surface area contributed by atoms with Gasteiger partial charge in [0.05, 0.1) is 5.69 Å². The Morgan fingerprint density at radius 1 is 1.64 bits per heavy atom. The van der Waals surface area contributed by atoms with Gasteiger partial charge in [0.25, 0.3) is 0 Å². The predicted octanol–water partition coefficient (Wildman–Crippen LogP) is 1.70. The van der Waals surface area contributed by atoms with Crippen molar-refractivity contribution in [3.8, 4) is 0 Å². The van der Waals surface area contributed by atoms with Crippen LogP contribution < -0.4 is 5.32 Å². The van der Waals surface area contributed by atoms with Crippen LogP contribution in [-0.4, -0.2) is 15.8 Å². The molecule has 0 saturated heterocycles. The summed E-state index contributed by atoms with van der Waals surface area (Å²) in [6, 6.07) is 2.72. The highest BCUT2D eigenvalue weighted by molar-refractivity contribution is 4.99. The summed E-state index contributed by atoms with van der Waals surface area (Å²) in [7, 11) is 1.99. The lowest BCUT2D eigenvalue weighted by Crippen LogP contribution is -2.36. The van der Waals surface area contributed by atoms with Crippen molar-refractivity contribution in [2.24, 2.45) is 13.0 Å². The molecule has 3 nitrogen and oxygen atoms in total. The molecule has 1 aliphatic carbocycles. The minimum Gasteiger partial charge on any atom is -0.308 e. The monoisotopic (exact) mass is 193 g/mol. The normalized spacial score (nSPS) is 19.3. The maximum Gasteiger partial charge on any atom is 0.0518 e. The Bertz CT molecular complexity index is 288. The first-order valence-corrected chi connectivity index (χ1v) is 5.47. The van der Waals surface area contributed by atoms with Crippen LogP contribution in [0.4, 0.5) is 0 Å². The topological polar surface area (TPSA) is 29.9 Å². The highest BCUT2D eigenvalue weighted by Crippen LogP contribution is 2.29. The molecule has 3 heteroatoms. The van der Waals surface area contributed by atoms with Crippen LogP contribution in [0.1, 0.15) is 31.9 Å². The molecule has 0 spiro atoms. The number of hydrogen-bond donors (Lipinski definition) is 1. The van der Waals surface area contributed by atoms with Gasteiger partial charge in [0.15, 0.2) is 0 Å². The second kappa shape index (κ2) is 4.13. The van der Waals surface area contributed by atoms with Crippen molar-refractivity contribution in [3.05, 3.63) is 18.0 Å². The van der Waals surface area contributed by atoms with E-state index in [0.29, 0.717) is 6.04 Å². The molecule has 1 N–H and O–H groups in total. The maximum absolute atomic E-state index is 4.15. The molecule has 1 unspecified atom stereocenters. The minimum atomic E-state index is 0.652. The lowest BCUT2D eigenvalue weighted by atomic mass is 9.80. The van der Waals surface area contributed by atoms with E-state index in [2.05, 4.69) is 23.4 Å². The van der Waals surface area contributed by atoms with Gasteiger partial charge >= 0.3 is 0 Å². The molecule has 1 aromatic rings. The average molecular weight is 193 g/mol. The van der Waals surface area contributed by atoms with Gasteiger partial charge in [-0.25, -0.2) is 0 Å². The fourth-order valence-electron chi connectivity index (χ4n) is 1.95. The third-order valence-electron chi connectivity index (χ3n) is 3.38. The Balaban J connectivity index is 1.79. The van der Waals surface area contributed by atoms with Crippen molar-refractivity contribution in [3.63, 3.8) is 0 Å². The smallest absolute Gasteiger partial charge is 0.0518 e. The molecule has 0 aliphatic heterocycles. The molecule has 14 heavy (non-hydrogen) atoms.